The van der Waals surface area contributed by atoms with E-state index in [0.29, 0.717) is 18.7 Å². The fourth-order valence-corrected chi connectivity index (χ4v) is 2.19. The van der Waals surface area contributed by atoms with Gasteiger partial charge in [-0.15, -0.1) is 0 Å². The van der Waals surface area contributed by atoms with E-state index in [2.05, 4.69) is 26.3 Å². The lowest BCUT2D eigenvalue weighted by molar-refractivity contribution is 0.101. The van der Waals surface area contributed by atoms with Crippen LogP contribution in [0.2, 0.25) is 0 Å². The van der Waals surface area contributed by atoms with Crippen LogP contribution in [0, 0.1) is 11.6 Å². The lowest BCUT2D eigenvalue weighted by atomic mass is 10.2. The summed E-state index contributed by atoms with van der Waals surface area (Å²) >= 11 is 2.88. The Kier molecular flexibility index (Phi) is 4.72. The van der Waals surface area contributed by atoms with Gasteiger partial charge in [0.1, 0.15) is 17.3 Å². The van der Waals surface area contributed by atoms with Gasteiger partial charge in [-0.2, -0.15) is 5.10 Å². The Labute approximate surface area is 129 Å². The molecule has 1 heterocycles. The Morgan fingerprint density at radius 1 is 1.29 bits per heavy atom. The first-order valence-electron chi connectivity index (χ1n) is 6.48. The molecule has 1 N–H and O–H groups in total. The highest BCUT2D eigenvalue weighted by Crippen LogP contribution is 2.23. The van der Waals surface area contributed by atoms with Crippen LogP contribution >= 0.6 is 15.9 Å². The van der Waals surface area contributed by atoms with Gasteiger partial charge in [0.15, 0.2) is 0 Å². The molecule has 0 saturated heterocycles. The highest BCUT2D eigenvalue weighted by molar-refractivity contribution is 9.10. The number of halogens is 3. The van der Waals surface area contributed by atoms with Crippen LogP contribution in [0.25, 0.3) is 0 Å². The molecule has 112 valence electrons. The largest absolute Gasteiger partial charge is 0.318 e. The molecule has 7 heteroatoms. The summed E-state index contributed by atoms with van der Waals surface area (Å²) in [7, 11) is 0. The molecule has 21 heavy (non-hydrogen) atoms. The van der Waals surface area contributed by atoms with Crippen molar-refractivity contribution >= 4 is 27.5 Å². The molecule has 0 unspecified atom stereocenters. The van der Waals surface area contributed by atoms with Crippen molar-refractivity contribution in [3.05, 3.63) is 45.7 Å². The highest BCUT2D eigenvalue weighted by Gasteiger charge is 2.17. The Hall–Kier alpha value is -1.76. The zero-order valence-electron chi connectivity index (χ0n) is 11.6. The highest BCUT2D eigenvalue weighted by atomic mass is 79.9. The number of rotatable bonds is 4. The summed E-state index contributed by atoms with van der Waals surface area (Å²) < 4.78 is 28.7. The van der Waals surface area contributed by atoms with Crippen molar-refractivity contribution in [1.29, 1.82) is 0 Å². The van der Waals surface area contributed by atoms with E-state index in [0.717, 1.165) is 17.8 Å². The van der Waals surface area contributed by atoms with Crippen LogP contribution in [0.3, 0.4) is 0 Å². The first-order chi connectivity index (χ1) is 9.96. The van der Waals surface area contributed by atoms with E-state index in [-0.39, 0.29) is 10.2 Å². The van der Waals surface area contributed by atoms with E-state index in [1.165, 1.54) is 4.68 Å². The number of amides is 1. The normalized spacial score (nSPS) is 10.7. The SMILES string of the molecule is CCc1cc(C(=O)Nc2cc(F)c(Br)cc2F)n(CC)n1. The minimum atomic E-state index is -0.713. The number of nitrogens with one attached hydrogen (secondary N) is 1. The molecule has 0 saturated carbocycles. The second-order valence-electron chi connectivity index (χ2n) is 4.39. The average molecular weight is 358 g/mol. The molecule has 1 amide bonds. The van der Waals surface area contributed by atoms with Crippen LogP contribution in [0.15, 0.2) is 22.7 Å². The second kappa shape index (κ2) is 6.34. The molecule has 0 fully saturated rings. The molecule has 2 rings (SSSR count). The quantitative estimate of drug-likeness (QED) is 0.846. The minimum Gasteiger partial charge on any atom is -0.318 e. The first kappa shape index (κ1) is 15.6. The van der Waals surface area contributed by atoms with E-state index >= 15 is 0 Å². The lowest BCUT2D eigenvalue weighted by Gasteiger charge is -2.08. The van der Waals surface area contributed by atoms with Gasteiger partial charge in [-0.3, -0.25) is 9.48 Å². The predicted molar refractivity (Wildman–Crippen MR) is 79.3 cm³/mol. The van der Waals surface area contributed by atoms with Crippen LogP contribution in [-0.2, 0) is 13.0 Å². The molecule has 0 spiro atoms. The summed E-state index contributed by atoms with van der Waals surface area (Å²) in [6.45, 7) is 4.29. The maximum Gasteiger partial charge on any atom is 0.274 e. The molecule has 0 aliphatic carbocycles. The number of carbonyl (C=O) groups is 1. The molecule has 0 aliphatic heterocycles. The second-order valence-corrected chi connectivity index (χ2v) is 5.24. The van der Waals surface area contributed by atoms with Gasteiger partial charge >= 0.3 is 0 Å². The Morgan fingerprint density at radius 3 is 2.62 bits per heavy atom. The molecule has 0 atom stereocenters. The number of hydrogen-bond acceptors (Lipinski definition) is 2. The van der Waals surface area contributed by atoms with Gasteiger partial charge in [-0.25, -0.2) is 8.78 Å². The van der Waals surface area contributed by atoms with Crippen LogP contribution in [0.4, 0.5) is 14.5 Å². The van der Waals surface area contributed by atoms with E-state index in [1.54, 1.807) is 6.07 Å². The molecule has 2 aromatic rings. The fourth-order valence-electron chi connectivity index (χ4n) is 1.87. The van der Waals surface area contributed by atoms with Crippen molar-refractivity contribution in [2.24, 2.45) is 0 Å². The van der Waals surface area contributed by atoms with Crippen molar-refractivity contribution in [3.8, 4) is 0 Å². The molecule has 4 nitrogen and oxygen atoms in total. The van der Waals surface area contributed by atoms with Crippen molar-refractivity contribution in [2.75, 3.05) is 5.32 Å². The third-order valence-corrected chi connectivity index (χ3v) is 3.59. The van der Waals surface area contributed by atoms with E-state index in [1.807, 2.05) is 13.8 Å². The van der Waals surface area contributed by atoms with E-state index in [9.17, 15) is 13.6 Å². The minimum absolute atomic E-state index is 0.00451. The number of benzene rings is 1. The van der Waals surface area contributed by atoms with E-state index in [4.69, 9.17) is 0 Å². The summed E-state index contributed by atoms with van der Waals surface area (Å²) in [4.78, 5) is 12.2. The van der Waals surface area contributed by atoms with Crippen molar-refractivity contribution in [1.82, 2.24) is 9.78 Å². The Morgan fingerprint density at radius 2 is 2.00 bits per heavy atom. The number of hydrogen-bond donors (Lipinski definition) is 1. The summed E-state index contributed by atoms with van der Waals surface area (Å²) in [5, 5.41) is 6.62. The van der Waals surface area contributed by atoms with E-state index < -0.39 is 17.5 Å². The average Bonchev–Trinajstić information content (AvgIpc) is 2.88. The third-order valence-electron chi connectivity index (χ3n) is 2.98. The molecule has 0 aliphatic rings. The van der Waals surface area contributed by atoms with Gasteiger partial charge in [0.05, 0.1) is 15.9 Å². The molecule has 0 bridgehead atoms. The number of anilines is 1. The van der Waals surface area contributed by atoms with Crippen molar-refractivity contribution in [2.45, 2.75) is 26.8 Å². The smallest absolute Gasteiger partial charge is 0.274 e. The number of carbonyl (C=O) groups excluding carboxylic acids is 1. The topological polar surface area (TPSA) is 46.9 Å². The summed E-state index contributed by atoms with van der Waals surface area (Å²) in [5.41, 5.74) is 0.879. The molecule has 1 aromatic carbocycles. The van der Waals surface area contributed by atoms with Crippen molar-refractivity contribution < 1.29 is 13.6 Å². The van der Waals surface area contributed by atoms with Crippen LogP contribution in [0.1, 0.15) is 30.0 Å². The number of aromatic nitrogens is 2. The maximum atomic E-state index is 13.7. The summed E-state index contributed by atoms with van der Waals surface area (Å²) in [6.07, 6.45) is 0.689. The zero-order valence-corrected chi connectivity index (χ0v) is 13.2. The third kappa shape index (κ3) is 3.29. The lowest BCUT2D eigenvalue weighted by Crippen LogP contribution is -2.18. The van der Waals surface area contributed by atoms with Crippen LogP contribution in [-0.4, -0.2) is 15.7 Å². The maximum absolute atomic E-state index is 13.7. The van der Waals surface area contributed by atoms with Crippen LogP contribution in [0.5, 0.6) is 0 Å². The zero-order chi connectivity index (χ0) is 15.6. The van der Waals surface area contributed by atoms with Crippen molar-refractivity contribution in [3.63, 3.8) is 0 Å². The Balaban J connectivity index is 2.30. The van der Waals surface area contributed by atoms with Gasteiger partial charge in [0.25, 0.3) is 5.91 Å². The van der Waals surface area contributed by atoms with Gasteiger partial charge < -0.3 is 5.32 Å². The monoisotopic (exact) mass is 357 g/mol. The van der Waals surface area contributed by atoms with Gasteiger partial charge in [0, 0.05) is 12.6 Å². The fraction of sp³-hybridized carbons (Fsp3) is 0.286. The molecule has 1 aromatic heterocycles. The molecular weight excluding hydrogens is 344 g/mol. The first-order valence-corrected chi connectivity index (χ1v) is 7.28. The van der Waals surface area contributed by atoms with Gasteiger partial charge in [-0.1, -0.05) is 6.92 Å². The standard InChI is InChI=1S/C14H14BrF2N3O/c1-3-8-5-13(20(4-2)19-8)14(21)18-12-7-10(16)9(15)6-11(12)17/h5-7H,3-4H2,1-2H3,(H,18,21). The number of aryl methyl sites for hydroxylation is 2. The molecule has 0 radical (unpaired) electrons. The Bertz CT molecular complexity index is 685. The van der Waals surface area contributed by atoms with Gasteiger partial charge in [-0.05, 0) is 41.4 Å². The predicted octanol–water partition coefficient (Wildman–Crippen LogP) is 3.76. The number of nitrogens with zero attached hydrogens (tertiary/aromatic N) is 2. The summed E-state index contributed by atoms with van der Waals surface area (Å²) in [6, 6.07) is 3.55. The van der Waals surface area contributed by atoms with Crippen LogP contribution < -0.4 is 5.32 Å². The molecular formula is C14H14BrF2N3O. The summed E-state index contributed by atoms with van der Waals surface area (Å²) in [5.74, 6) is -1.88. The van der Waals surface area contributed by atoms with Gasteiger partial charge in [0.2, 0.25) is 0 Å².